The minimum absolute atomic E-state index is 0.277. The van der Waals surface area contributed by atoms with E-state index in [1.54, 1.807) is 6.07 Å². The fourth-order valence-corrected chi connectivity index (χ4v) is 1.34. The molecule has 72 valence electrons. The molecule has 2 rings (SSSR count). The number of hydrogen-bond acceptors (Lipinski definition) is 2. The lowest BCUT2D eigenvalue weighted by atomic mass is 10.2. The summed E-state index contributed by atoms with van der Waals surface area (Å²) in [7, 11) is 0. The van der Waals surface area contributed by atoms with Gasteiger partial charge in [0.05, 0.1) is 5.69 Å². The molecule has 0 aliphatic heterocycles. The first-order valence-corrected chi connectivity index (χ1v) is 4.53. The van der Waals surface area contributed by atoms with Crippen LogP contribution in [-0.4, -0.2) is 14.8 Å². The molecule has 0 saturated heterocycles. The molecule has 0 aliphatic carbocycles. The molecule has 14 heavy (non-hydrogen) atoms. The Morgan fingerprint density at radius 2 is 2.21 bits per heavy atom. The SMILES string of the molecule is Fc1cc(CCl)cc(-n2cncn2)c1. The highest BCUT2D eigenvalue weighted by Gasteiger charge is 2.02. The maximum Gasteiger partial charge on any atom is 0.138 e. The van der Waals surface area contributed by atoms with E-state index in [1.165, 1.54) is 29.5 Å². The first-order valence-electron chi connectivity index (χ1n) is 4.00. The van der Waals surface area contributed by atoms with Crippen LogP contribution >= 0.6 is 11.6 Å². The third-order valence-corrected chi connectivity index (χ3v) is 2.09. The molecule has 0 N–H and O–H groups in total. The lowest BCUT2D eigenvalue weighted by molar-refractivity contribution is 0.624. The summed E-state index contributed by atoms with van der Waals surface area (Å²) in [4.78, 5) is 3.78. The van der Waals surface area contributed by atoms with E-state index in [1.807, 2.05) is 0 Å². The average Bonchev–Trinajstić information content (AvgIpc) is 2.69. The molecule has 1 aromatic carbocycles. The number of hydrogen-bond donors (Lipinski definition) is 0. The Bertz CT molecular complexity index is 428. The zero-order valence-electron chi connectivity index (χ0n) is 7.19. The third-order valence-electron chi connectivity index (χ3n) is 1.78. The Morgan fingerprint density at radius 3 is 2.86 bits per heavy atom. The van der Waals surface area contributed by atoms with Gasteiger partial charge in [-0.25, -0.2) is 14.1 Å². The van der Waals surface area contributed by atoms with Crippen molar-refractivity contribution in [3.8, 4) is 5.69 Å². The van der Waals surface area contributed by atoms with Crippen LogP contribution in [-0.2, 0) is 5.88 Å². The molecule has 0 bridgehead atoms. The molecule has 3 nitrogen and oxygen atoms in total. The molecule has 0 radical (unpaired) electrons. The molecule has 0 unspecified atom stereocenters. The van der Waals surface area contributed by atoms with Gasteiger partial charge in [0.2, 0.25) is 0 Å². The van der Waals surface area contributed by atoms with Crippen molar-refractivity contribution < 1.29 is 4.39 Å². The Morgan fingerprint density at radius 1 is 1.36 bits per heavy atom. The molecular formula is C9H7ClFN3. The van der Waals surface area contributed by atoms with E-state index in [0.29, 0.717) is 5.69 Å². The second-order valence-electron chi connectivity index (χ2n) is 2.79. The predicted octanol–water partition coefficient (Wildman–Crippen LogP) is 2.15. The summed E-state index contributed by atoms with van der Waals surface area (Å²) in [5.41, 5.74) is 1.34. The van der Waals surface area contributed by atoms with E-state index in [0.717, 1.165) is 5.56 Å². The van der Waals surface area contributed by atoms with Crippen LogP contribution in [0.3, 0.4) is 0 Å². The van der Waals surface area contributed by atoms with Crippen LogP contribution in [0.15, 0.2) is 30.9 Å². The van der Waals surface area contributed by atoms with Gasteiger partial charge >= 0.3 is 0 Å². The summed E-state index contributed by atoms with van der Waals surface area (Å²) in [6.45, 7) is 0. The van der Waals surface area contributed by atoms with Gasteiger partial charge in [-0.1, -0.05) is 0 Å². The van der Waals surface area contributed by atoms with Crippen LogP contribution in [0.5, 0.6) is 0 Å². The van der Waals surface area contributed by atoms with E-state index in [9.17, 15) is 4.39 Å². The number of rotatable bonds is 2. The highest BCUT2D eigenvalue weighted by Crippen LogP contribution is 2.13. The Balaban J connectivity index is 2.48. The molecular weight excluding hydrogens is 205 g/mol. The van der Waals surface area contributed by atoms with Gasteiger partial charge in [-0.2, -0.15) is 5.10 Å². The maximum atomic E-state index is 13.1. The van der Waals surface area contributed by atoms with Gasteiger partial charge in [0.15, 0.2) is 0 Å². The highest BCUT2D eigenvalue weighted by molar-refractivity contribution is 6.17. The minimum Gasteiger partial charge on any atom is -0.223 e. The van der Waals surface area contributed by atoms with E-state index in [2.05, 4.69) is 10.1 Å². The van der Waals surface area contributed by atoms with Gasteiger partial charge in [0.1, 0.15) is 18.5 Å². The lowest BCUT2D eigenvalue weighted by Crippen LogP contribution is -1.96. The molecule has 0 saturated carbocycles. The van der Waals surface area contributed by atoms with Crippen molar-refractivity contribution in [2.45, 2.75) is 5.88 Å². The molecule has 0 atom stereocenters. The first-order chi connectivity index (χ1) is 6.79. The summed E-state index contributed by atoms with van der Waals surface area (Å²) in [6, 6.07) is 4.54. The Kier molecular flexibility index (Phi) is 2.45. The van der Waals surface area contributed by atoms with E-state index < -0.39 is 0 Å². The van der Waals surface area contributed by atoms with Crippen molar-refractivity contribution in [2.24, 2.45) is 0 Å². The number of alkyl halides is 1. The Labute approximate surface area is 85.1 Å². The standard InChI is InChI=1S/C9H7ClFN3/c10-4-7-1-8(11)3-9(2-7)14-6-12-5-13-14/h1-3,5-6H,4H2. The summed E-state index contributed by atoms with van der Waals surface area (Å²) < 4.78 is 14.6. The monoisotopic (exact) mass is 211 g/mol. The molecule has 0 aliphatic rings. The second kappa shape index (κ2) is 3.75. The van der Waals surface area contributed by atoms with Crippen molar-refractivity contribution in [1.82, 2.24) is 14.8 Å². The molecule has 0 spiro atoms. The summed E-state index contributed by atoms with van der Waals surface area (Å²) in [5.74, 6) is -0.0481. The van der Waals surface area contributed by atoms with Crippen LogP contribution in [0.4, 0.5) is 4.39 Å². The quantitative estimate of drug-likeness (QED) is 0.713. The van der Waals surface area contributed by atoms with Crippen LogP contribution in [0.1, 0.15) is 5.56 Å². The molecule has 0 fully saturated rings. The van der Waals surface area contributed by atoms with Crippen molar-refractivity contribution in [3.05, 3.63) is 42.2 Å². The second-order valence-corrected chi connectivity index (χ2v) is 3.06. The van der Waals surface area contributed by atoms with Gasteiger partial charge < -0.3 is 0 Å². The first kappa shape index (κ1) is 9.15. The molecule has 0 amide bonds. The van der Waals surface area contributed by atoms with Crippen molar-refractivity contribution in [1.29, 1.82) is 0 Å². The maximum absolute atomic E-state index is 13.1. The summed E-state index contributed by atoms with van der Waals surface area (Å²) >= 11 is 5.62. The topological polar surface area (TPSA) is 30.7 Å². The zero-order chi connectivity index (χ0) is 9.97. The van der Waals surface area contributed by atoms with Gasteiger partial charge in [0.25, 0.3) is 0 Å². The van der Waals surface area contributed by atoms with E-state index in [4.69, 9.17) is 11.6 Å². The fraction of sp³-hybridized carbons (Fsp3) is 0.111. The molecule has 1 aromatic heterocycles. The van der Waals surface area contributed by atoms with Crippen molar-refractivity contribution in [3.63, 3.8) is 0 Å². The van der Waals surface area contributed by atoms with Gasteiger partial charge in [-0.15, -0.1) is 11.6 Å². The zero-order valence-corrected chi connectivity index (χ0v) is 7.95. The number of aromatic nitrogens is 3. The molecule has 1 heterocycles. The third kappa shape index (κ3) is 1.75. The van der Waals surface area contributed by atoms with Gasteiger partial charge in [-0.3, -0.25) is 0 Å². The van der Waals surface area contributed by atoms with Gasteiger partial charge in [-0.05, 0) is 23.8 Å². The van der Waals surface area contributed by atoms with Crippen LogP contribution in [0.2, 0.25) is 0 Å². The average molecular weight is 212 g/mol. The highest BCUT2D eigenvalue weighted by atomic mass is 35.5. The number of nitrogens with zero attached hydrogens (tertiary/aromatic N) is 3. The van der Waals surface area contributed by atoms with Crippen LogP contribution in [0, 0.1) is 5.82 Å². The molecule has 2 aromatic rings. The summed E-state index contributed by atoms with van der Waals surface area (Å²) in [5, 5.41) is 3.90. The van der Waals surface area contributed by atoms with Gasteiger partial charge in [0, 0.05) is 5.88 Å². The van der Waals surface area contributed by atoms with Crippen LogP contribution in [0.25, 0.3) is 5.69 Å². The lowest BCUT2D eigenvalue weighted by Gasteiger charge is -2.02. The normalized spacial score (nSPS) is 10.4. The largest absolute Gasteiger partial charge is 0.223 e. The number of halogens is 2. The number of benzene rings is 1. The Hall–Kier alpha value is -1.42. The van der Waals surface area contributed by atoms with E-state index >= 15 is 0 Å². The summed E-state index contributed by atoms with van der Waals surface area (Å²) in [6.07, 6.45) is 2.90. The smallest absolute Gasteiger partial charge is 0.138 e. The van der Waals surface area contributed by atoms with Crippen LogP contribution < -0.4 is 0 Å². The fourth-order valence-electron chi connectivity index (χ4n) is 1.18. The minimum atomic E-state index is -0.325. The van der Waals surface area contributed by atoms with Crippen molar-refractivity contribution >= 4 is 11.6 Å². The molecule has 5 heteroatoms. The van der Waals surface area contributed by atoms with Crippen molar-refractivity contribution in [2.75, 3.05) is 0 Å². The predicted molar refractivity (Wildman–Crippen MR) is 50.9 cm³/mol. The van der Waals surface area contributed by atoms with E-state index in [-0.39, 0.29) is 11.7 Å².